The van der Waals surface area contributed by atoms with Gasteiger partial charge in [-0.25, -0.2) is 8.42 Å². The number of amides is 1. The van der Waals surface area contributed by atoms with Gasteiger partial charge in [-0.1, -0.05) is 26.0 Å². The smallest absolute Gasteiger partial charge is 0.253 e. The van der Waals surface area contributed by atoms with E-state index in [2.05, 4.69) is 13.8 Å². The molecule has 168 valence electrons. The molecule has 0 radical (unpaired) electrons. The standard InChI is InChI=1S/C24H33N3O3S/c1-18-14-19(2)16-27(15-18)31(29,30)23-12-8-21(9-13-23)24(28)26(5)17-20-6-10-22(11-7-20)25(3)4/h6-13,18-19H,14-17H2,1-5H3. The van der Waals surface area contributed by atoms with Crippen molar-refractivity contribution in [3.8, 4) is 0 Å². The van der Waals surface area contributed by atoms with Crippen molar-refractivity contribution in [1.29, 1.82) is 0 Å². The molecule has 2 atom stereocenters. The fourth-order valence-electron chi connectivity index (χ4n) is 4.19. The van der Waals surface area contributed by atoms with E-state index < -0.39 is 10.0 Å². The molecule has 0 aromatic heterocycles. The summed E-state index contributed by atoms with van der Waals surface area (Å²) in [5.74, 6) is 0.556. The molecular weight excluding hydrogens is 410 g/mol. The molecule has 2 aromatic rings. The third-order valence-electron chi connectivity index (χ3n) is 5.79. The van der Waals surface area contributed by atoms with E-state index >= 15 is 0 Å². The van der Waals surface area contributed by atoms with E-state index in [9.17, 15) is 13.2 Å². The number of rotatable bonds is 6. The fraction of sp³-hybridized carbons (Fsp3) is 0.458. The van der Waals surface area contributed by atoms with Crippen molar-refractivity contribution in [3.63, 3.8) is 0 Å². The van der Waals surface area contributed by atoms with E-state index in [1.165, 1.54) is 0 Å². The number of hydrogen-bond acceptors (Lipinski definition) is 4. The molecule has 0 spiro atoms. The predicted octanol–water partition coefficient (Wildman–Crippen LogP) is 3.69. The molecule has 1 fully saturated rings. The van der Waals surface area contributed by atoms with Gasteiger partial charge in [0.05, 0.1) is 4.90 Å². The molecular formula is C24H33N3O3S. The van der Waals surface area contributed by atoms with E-state index in [0.717, 1.165) is 17.7 Å². The summed E-state index contributed by atoms with van der Waals surface area (Å²) < 4.78 is 27.6. The molecule has 7 heteroatoms. The van der Waals surface area contributed by atoms with Crippen LogP contribution in [0.3, 0.4) is 0 Å². The number of benzene rings is 2. The number of carbonyl (C=O) groups excluding carboxylic acids is 1. The third kappa shape index (κ3) is 5.46. The van der Waals surface area contributed by atoms with Crippen molar-refractivity contribution in [1.82, 2.24) is 9.21 Å². The van der Waals surface area contributed by atoms with Crippen molar-refractivity contribution >= 4 is 21.6 Å². The number of sulfonamides is 1. The second-order valence-corrected chi connectivity index (χ2v) is 11.0. The summed E-state index contributed by atoms with van der Waals surface area (Å²) in [4.78, 5) is 16.7. The summed E-state index contributed by atoms with van der Waals surface area (Å²) in [6.45, 7) is 5.75. The van der Waals surface area contributed by atoms with Crippen molar-refractivity contribution < 1.29 is 13.2 Å². The van der Waals surface area contributed by atoms with Gasteiger partial charge in [-0.3, -0.25) is 4.79 Å². The molecule has 3 rings (SSSR count). The Hall–Kier alpha value is -2.38. The average Bonchev–Trinajstić information content (AvgIpc) is 2.73. The Balaban J connectivity index is 1.69. The van der Waals surface area contributed by atoms with Crippen molar-refractivity contribution in [2.45, 2.75) is 31.7 Å². The summed E-state index contributed by atoms with van der Waals surface area (Å²) >= 11 is 0. The van der Waals surface area contributed by atoms with Crippen molar-refractivity contribution in [2.24, 2.45) is 11.8 Å². The van der Waals surface area contributed by atoms with Gasteiger partial charge in [-0.15, -0.1) is 0 Å². The van der Waals surface area contributed by atoms with Gasteiger partial charge in [-0.05, 0) is 60.2 Å². The van der Waals surface area contributed by atoms with Crippen LogP contribution in [0.15, 0.2) is 53.4 Å². The van der Waals surface area contributed by atoms with Crippen LogP contribution in [0.4, 0.5) is 5.69 Å². The van der Waals surface area contributed by atoms with E-state index in [1.54, 1.807) is 40.5 Å². The highest BCUT2D eigenvalue weighted by Gasteiger charge is 2.31. The molecule has 1 heterocycles. The Bertz CT molecular complexity index is 991. The predicted molar refractivity (Wildman–Crippen MR) is 125 cm³/mol. The Morgan fingerprint density at radius 1 is 0.935 bits per heavy atom. The maximum absolute atomic E-state index is 13.0. The highest BCUT2D eigenvalue weighted by Crippen LogP contribution is 2.27. The average molecular weight is 444 g/mol. The number of nitrogens with zero attached hydrogens (tertiary/aromatic N) is 3. The minimum atomic E-state index is -3.55. The zero-order chi connectivity index (χ0) is 22.8. The molecule has 0 N–H and O–H groups in total. The van der Waals surface area contributed by atoms with Gasteiger partial charge in [0.25, 0.3) is 5.91 Å². The first kappa shape index (κ1) is 23.3. The van der Waals surface area contributed by atoms with Gasteiger partial charge < -0.3 is 9.80 Å². The quantitative estimate of drug-likeness (QED) is 0.683. The van der Waals surface area contributed by atoms with Crippen LogP contribution in [-0.4, -0.2) is 57.8 Å². The van der Waals surface area contributed by atoms with Gasteiger partial charge in [0.1, 0.15) is 0 Å². The van der Waals surface area contributed by atoms with E-state index in [1.807, 2.05) is 43.3 Å². The maximum Gasteiger partial charge on any atom is 0.253 e. The van der Waals surface area contributed by atoms with Gasteiger partial charge in [0, 0.05) is 52.0 Å². The maximum atomic E-state index is 13.0. The Morgan fingerprint density at radius 3 is 2.00 bits per heavy atom. The number of hydrogen-bond donors (Lipinski definition) is 0. The first-order valence-electron chi connectivity index (χ1n) is 10.7. The summed E-state index contributed by atoms with van der Waals surface area (Å²) in [6, 6.07) is 14.4. The minimum absolute atomic E-state index is 0.138. The zero-order valence-electron chi connectivity index (χ0n) is 19.1. The van der Waals surface area contributed by atoms with E-state index in [0.29, 0.717) is 37.0 Å². The summed E-state index contributed by atoms with van der Waals surface area (Å²) in [7, 11) is 2.18. The van der Waals surface area contributed by atoms with Crippen LogP contribution in [0.5, 0.6) is 0 Å². The molecule has 2 unspecified atom stereocenters. The van der Waals surface area contributed by atoms with Crippen molar-refractivity contribution in [2.75, 3.05) is 39.1 Å². The second-order valence-electron chi connectivity index (χ2n) is 9.01. The lowest BCUT2D eigenvalue weighted by Gasteiger charge is -2.34. The van der Waals surface area contributed by atoms with Gasteiger partial charge >= 0.3 is 0 Å². The molecule has 6 nitrogen and oxygen atoms in total. The third-order valence-corrected chi connectivity index (χ3v) is 7.64. The summed E-state index contributed by atoms with van der Waals surface area (Å²) in [6.07, 6.45) is 1.05. The highest BCUT2D eigenvalue weighted by atomic mass is 32.2. The zero-order valence-corrected chi connectivity index (χ0v) is 19.9. The summed E-state index contributed by atoms with van der Waals surface area (Å²) in [5, 5.41) is 0. The van der Waals surface area contributed by atoms with Crippen LogP contribution >= 0.6 is 0 Å². The van der Waals surface area contributed by atoms with Gasteiger partial charge in [-0.2, -0.15) is 4.31 Å². The molecule has 0 bridgehead atoms. The largest absolute Gasteiger partial charge is 0.378 e. The SMILES string of the molecule is CC1CC(C)CN(S(=O)(=O)c2ccc(C(=O)N(C)Cc3ccc(N(C)C)cc3)cc2)C1. The Labute approximate surface area is 186 Å². The van der Waals surface area contributed by atoms with E-state index in [4.69, 9.17) is 0 Å². The molecule has 1 amide bonds. The van der Waals surface area contributed by atoms with Crippen LogP contribution in [0.25, 0.3) is 0 Å². The molecule has 1 saturated heterocycles. The first-order valence-corrected chi connectivity index (χ1v) is 12.1. The lowest BCUT2D eigenvalue weighted by Crippen LogP contribution is -2.42. The van der Waals surface area contributed by atoms with Crippen LogP contribution < -0.4 is 4.90 Å². The molecule has 0 saturated carbocycles. The Morgan fingerprint density at radius 2 is 1.48 bits per heavy atom. The van der Waals surface area contributed by atoms with Crippen LogP contribution in [0, 0.1) is 11.8 Å². The molecule has 0 aliphatic carbocycles. The van der Waals surface area contributed by atoms with Gasteiger partial charge in [0.15, 0.2) is 0 Å². The first-order chi connectivity index (χ1) is 14.6. The monoisotopic (exact) mass is 443 g/mol. The fourth-order valence-corrected chi connectivity index (χ4v) is 5.87. The molecule has 1 aliphatic heterocycles. The highest BCUT2D eigenvalue weighted by molar-refractivity contribution is 7.89. The van der Waals surface area contributed by atoms with Gasteiger partial charge in [0.2, 0.25) is 10.0 Å². The summed E-state index contributed by atoms with van der Waals surface area (Å²) in [5.41, 5.74) is 2.62. The molecule has 1 aliphatic rings. The second kappa shape index (κ2) is 9.40. The van der Waals surface area contributed by atoms with Crippen molar-refractivity contribution in [3.05, 3.63) is 59.7 Å². The van der Waals surface area contributed by atoms with Crippen LogP contribution in [0.2, 0.25) is 0 Å². The lowest BCUT2D eigenvalue weighted by molar-refractivity contribution is 0.0785. The lowest BCUT2D eigenvalue weighted by atomic mass is 9.94. The van der Waals surface area contributed by atoms with Crippen LogP contribution in [0.1, 0.15) is 36.2 Å². The van der Waals surface area contributed by atoms with E-state index in [-0.39, 0.29) is 10.8 Å². The minimum Gasteiger partial charge on any atom is -0.378 e. The number of carbonyl (C=O) groups is 1. The number of piperidine rings is 1. The normalized spacial score (nSPS) is 19.8. The number of anilines is 1. The molecule has 2 aromatic carbocycles. The molecule has 31 heavy (non-hydrogen) atoms. The topological polar surface area (TPSA) is 60.9 Å². The van der Waals surface area contributed by atoms with Crippen LogP contribution in [-0.2, 0) is 16.6 Å². The Kier molecular flexibility index (Phi) is 7.06.